The Morgan fingerprint density at radius 1 is 1.35 bits per heavy atom. The van der Waals surface area contributed by atoms with Gasteiger partial charge in [0.05, 0.1) is 11.6 Å². The molecule has 0 saturated carbocycles. The standard InChI is InChI=1S/C14H9ClF3N3O2/c1-2-23-13(22)9-6-21-11(19-9)4-3-7-8(15)5-10(14(16,17)18)20-12(7)21/h3-6H,2H2,1H3. The van der Waals surface area contributed by atoms with Crippen LogP contribution in [0.25, 0.3) is 16.7 Å². The van der Waals surface area contributed by atoms with Crippen molar-refractivity contribution in [3.63, 3.8) is 0 Å². The largest absolute Gasteiger partial charge is 0.461 e. The Bertz CT molecular complexity index is 921. The van der Waals surface area contributed by atoms with E-state index in [4.69, 9.17) is 16.3 Å². The van der Waals surface area contributed by atoms with Crippen molar-refractivity contribution < 1.29 is 22.7 Å². The van der Waals surface area contributed by atoms with E-state index in [1.165, 1.54) is 22.7 Å². The molecule has 9 heteroatoms. The molecule has 0 aliphatic heterocycles. The summed E-state index contributed by atoms with van der Waals surface area (Å²) in [6, 6.07) is 3.80. The quantitative estimate of drug-likeness (QED) is 0.665. The zero-order valence-corrected chi connectivity index (χ0v) is 12.4. The van der Waals surface area contributed by atoms with Crippen LogP contribution in [0.1, 0.15) is 23.1 Å². The summed E-state index contributed by atoms with van der Waals surface area (Å²) in [6.45, 7) is 1.80. The van der Waals surface area contributed by atoms with E-state index >= 15 is 0 Å². The third kappa shape index (κ3) is 2.70. The lowest BCUT2D eigenvalue weighted by Gasteiger charge is -2.09. The van der Waals surface area contributed by atoms with Crippen LogP contribution in [0.3, 0.4) is 0 Å². The molecule has 120 valence electrons. The van der Waals surface area contributed by atoms with Crippen LogP contribution in [0.2, 0.25) is 5.02 Å². The summed E-state index contributed by atoms with van der Waals surface area (Å²) in [5, 5.41) is 0.232. The topological polar surface area (TPSA) is 56.5 Å². The van der Waals surface area contributed by atoms with E-state index < -0.39 is 17.8 Å². The van der Waals surface area contributed by atoms with Gasteiger partial charge in [0, 0.05) is 11.6 Å². The maximum Gasteiger partial charge on any atom is 0.433 e. The van der Waals surface area contributed by atoms with Crippen LogP contribution in [0.15, 0.2) is 24.4 Å². The molecule has 0 spiro atoms. The zero-order chi connectivity index (χ0) is 16.8. The van der Waals surface area contributed by atoms with E-state index in [9.17, 15) is 18.0 Å². The number of aromatic nitrogens is 3. The van der Waals surface area contributed by atoms with Gasteiger partial charge in [-0.05, 0) is 25.1 Å². The Kier molecular flexibility index (Phi) is 3.63. The minimum atomic E-state index is -4.63. The molecular weight excluding hydrogens is 335 g/mol. The van der Waals surface area contributed by atoms with Gasteiger partial charge in [-0.1, -0.05) is 11.6 Å². The van der Waals surface area contributed by atoms with Crippen LogP contribution < -0.4 is 0 Å². The normalized spacial score (nSPS) is 12.0. The maximum atomic E-state index is 12.9. The van der Waals surface area contributed by atoms with Gasteiger partial charge in [-0.2, -0.15) is 13.2 Å². The first kappa shape index (κ1) is 15.5. The Hall–Kier alpha value is -2.35. The maximum absolute atomic E-state index is 12.9. The summed E-state index contributed by atoms with van der Waals surface area (Å²) in [4.78, 5) is 19.4. The fourth-order valence-electron chi connectivity index (χ4n) is 2.14. The van der Waals surface area contributed by atoms with Crippen LogP contribution in [0.5, 0.6) is 0 Å². The zero-order valence-electron chi connectivity index (χ0n) is 11.7. The highest BCUT2D eigenvalue weighted by Gasteiger charge is 2.33. The Balaban J connectivity index is 2.28. The number of nitrogens with zero attached hydrogens (tertiary/aromatic N) is 3. The van der Waals surface area contributed by atoms with Crippen LogP contribution >= 0.6 is 11.6 Å². The first-order valence-corrected chi connectivity index (χ1v) is 6.91. The Labute approximate surface area is 132 Å². The molecule has 0 amide bonds. The molecule has 0 aromatic carbocycles. The van der Waals surface area contributed by atoms with Crippen molar-refractivity contribution in [2.75, 3.05) is 6.61 Å². The number of halogens is 4. The molecule has 3 aromatic heterocycles. The molecule has 0 N–H and O–H groups in total. The van der Waals surface area contributed by atoms with E-state index in [1.807, 2.05) is 0 Å². The Morgan fingerprint density at radius 2 is 2.09 bits per heavy atom. The van der Waals surface area contributed by atoms with Gasteiger partial charge in [-0.15, -0.1) is 0 Å². The molecule has 0 aliphatic rings. The fourth-order valence-corrected chi connectivity index (χ4v) is 2.39. The number of pyridine rings is 2. The minimum absolute atomic E-state index is 0.0188. The highest BCUT2D eigenvalue weighted by Crippen LogP contribution is 2.33. The van der Waals surface area contributed by atoms with Crippen molar-refractivity contribution >= 4 is 34.3 Å². The van der Waals surface area contributed by atoms with E-state index in [1.54, 1.807) is 6.92 Å². The monoisotopic (exact) mass is 343 g/mol. The van der Waals surface area contributed by atoms with E-state index in [2.05, 4.69) is 9.97 Å². The lowest BCUT2D eigenvalue weighted by molar-refractivity contribution is -0.141. The van der Waals surface area contributed by atoms with E-state index in [-0.39, 0.29) is 28.6 Å². The second-order valence-corrected chi connectivity index (χ2v) is 5.04. The molecule has 0 bridgehead atoms. The number of carbonyl (C=O) groups excluding carboxylic acids is 1. The number of fused-ring (bicyclic) bond motifs is 3. The van der Waals surface area contributed by atoms with Gasteiger partial charge < -0.3 is 4.74 Å². The smallest absolute Gasteiger partial charge is 0.433 e. The van der Waals surface area contributed by atoms with Crippen LogP contribution in [0.4, 0.5) is 13.2 Å². The Morgan fingerprint density at radius 3 is 2.74 bits per heavy atom. The van der Waals surface area contributed by atoms with Crippen molar-refractivity contribution in [3.05, 3.63) is 40.8 Å². The number of hydrogen-bond acceptors (Lipinski definition) is 4. The summed E-state index contributed by atoms with van der Waals surface area (Å²) >= 11 is 5.92. The van der Waals surface area contributed by atoms with Crippen molar-refractivity contribution in [3.8, 4) is 0 Å². The first-order chi connectivity index (χ1) is 10.8. The van der Waals surface area contributed by atoms with Crippen LogP contribution in [-0.4, -0.2) is 26.9 Å². The van der Waals surface area contributed by atoms with Gasteiger partial charge in [0.1, 0.15) is 17.0 Å². The third-order valence-corrected chi connectivity index (χ3v) is 3.44. The number of alkyl halides is 3. The lowest BCUT2D eigenvalue weighted by atomic mass is 10.2. The average molecular weight is 344 g/mol. The number of ether oxygens (including phenoxy) is 1. The molecule has 0 fully saturated rings. The molecule has 0 unspecified atom stereocenters. The summed E-state index contributed by atoms with van der Waals surface area (Å²) in [5.74, 6) is -0.664. The number of rotatable bonds is 2. The van der Waals surface area contributed by atoms with Gasteiger partial charge in [-0.3, -0.25) is 4.40 Å². The average Bonchev–Trinajstić information content (AvgIpc) is 2.91. The SMILES string of the molecule is CCOC(=O)c1cn2c(ccc3c(Cl)cc(C(F)(F)F)nc32)n1. The van der Waals surface area contributed by atoms with E-state index in [0.717, 1.165) is 6.07 Å². The van der Waals surface area contributed by atoms with Crippen LogP contribution in [0, 0.1) is 0 Å². The predicted molar refractivity (Wildman–Crippen MR) is 76.5 cm³/mol. The van der Waals surface area contributed by atoms with Gasteiger partial charge in [-0.25, -0.2) is 14.8 Å². The summed E-state index contributed by atoms with van der Waals surface area (Å²) in [5.41, 5.74) is -0.905. The first-order valence-electron chi connectivity index (χ1n) is 6.54. The molecule has 3 rings (SSSR count). The number of carbonyl (C=O) groups is 1. The van der Waals surface area contributed by atoms with Crippen LogP contribution in [-0.2, 0) is 10.9 Å². The molecule has 23 heavy (non-hydrogen) atoms. The number of esters is 1. The summed E-state index contributed by atoms with van der Waals surface area (Å²) in [6.07, 6.45) is -3.36. The minimum Gasteiger partial charge on any atom is -0.461 e. The third-order valence-electron chi connectivity index (χ3n) is 3.12. The molecule has 0 radical (unpaired) electrons. The molecule has 3 aromatic rings. The second kappa shape index (κ2) is 5.38. The molecule has 0 saturated heterocycles. The predicted octanol–water partition coefficient (Wildman–Crippen LogP) is 3.73. The van der Waals surface area contributed by atoms with Crippen molar-refractivity contribution in [1.82, 2.24) is 14.4 Å². The molecule has 3 heterocycles. The van der Waals surface area contributed by atoms with Gasteiger partial charge in [0.15, 0.2) is 5.69 Å². The summed E-state index contributed by atoms with van der Waals surface area (Å²) < 4.78 is 44.8. The highest BCUT2D eigenvalue weighted by atomic mass is 35.5. The van der Waals surface area contributed by atoms with Crippen molar-refractivity contribution in [2.24, 2.45) is 0 Å². The molecule has 0 atom stereocenters. The highest BCUT2D eigenvalue weighted by molar-refractivity contribution is 6.35. The van der Waals surface area contributed by atoms with Gasteiger partial charge in [0.25, 0.3) is 0 Å². The van der Waals surface area contributed by atoms with Crippen molar-refractivity contribution in [1.29, 1.82) is 0 Å². The number of hydrogen-bond donors (Lipinski definition) is 0. The molecule has 5 nitrogen and oxygen atoms in total. The fraction of sp³-hybridized carbons (Fsp3) is 0.214. The second-order valence-electron chi connectivity index (χ2n) is 4.63. The van der Waals surface area contributed by atoms with Crippen molar-refractivity contribution in [2.45, 2.75) is 13.1 Å². The van der Waals surface area contributed by atoms with Gasteiger partial charge in [0.2, 0.25) is 0 Å². The summed E-state index contributed by atoms with van der Waals surface area (Å²) in [7, 11) is 0. The van der Waals surface area contributed by atoms with Gasteiger partial charge >= 0.3 is 12.1 Å². The molecular formula is C14H9ClF3N3O2. The van der Waals surface area contributed by atoms with E-state index in [0.29, 0.717) is 5.39 Å². The lowest BCUT2D eigenvalue weighted by Crippen LogP contribution is -2.09. The molecule has 0 aliphatic carbocycles. The number of imidazole rings is 1.